The van der Waals surface area contributed by atoms with Crippen molar-refractivity contribution < 1.29 is 9.53 Å². The van der Waals surface area contributed by atoms with Crippen molar-refractivity contribution in [2.45, 2.75) is 32.2 Å². The number of nitrogens with zero attached hydrogens (tertiary/aromatic N) is 5. The first kappa shape index (κ1) is 21.7. The lowest BCUT2D eigenvalue weighted by Crippen LogP contribution is -2.39. The SMILES string of the molecule is COc1ccccc1C(=O)N1CCCC[C@@H]1c1nc(N(C)C)ncc1-c1ccncc1C. The fourth-order valence-corrected chi connectivity index (χ4v) is 4.27. The van der Waals surface area contributed by atoms with Gasteiger partial charge in [-0.25, -0.2) is 9.97 Å². The Morgan fingerprint density at radius 2 is 1.94 bits per heavy atom. The molecule has 0 N–H and O–H groups in total. The van der Waals surface area contributed by atoms with Gasteiger partial charge < -0.3 is 14.5 Å². The summed E-state index contributed by atoms with van der Waals surface area (Å²) in [6.45, 7) is 2.71. The predicted molar refractivity (Wildman–Crippen MR) is 125 cm³/mol. The number of carbonyl (C=O) groups is 1. The number of aromatic nitrogens is 3. The Morgan fingerprint density at radius 1 is 1.12 bits per heavy atom. The summed E-state index contributed by atoms with van der Waals surface area (Å²) in [5.41, 5.74) is 4.48. The van der Waals surface area contributed by atoms with Gasteiger partial charge in [-0.2, -0.15) is 0 Å². The Balaban J connectivity index is 1.83. The third kappa shape index (κ3) is 4.15. The van der Waals surface area contributed by atoms with E-state index in [9.17, 15) is 4.79 Å². The fraction of sp³-hybridized carbons (Fsp3) is 0.360. The zero-order valence-corrected chi connectivity index (χ0v) is 19.1. The average Bonchev–Trinajstić information content (AvgIpc) is 2.83. The number of benzene rings is 1. The summed E-state index contributed by atoms with van der Waals surface area (Å²) in [6.07, 6.45) is 8.35. The molecule has 2 aromatic heterocycles. The first-order valence-corrected chi connectivity index (χ1v) is 10.9. The normalized spacial score (nSPS) is 16.0. The van der Waals surface area contributed by atoms with Crippen molar-refractivity contribution in [3.8, 4) is 16.9 Å². The molecule has 0 unspecified atom stereocenters. The number of aryl methyl sites for hydroxylation is 1. The van der Waals surface area contributed by atoms with Crippen LogP contribution in [-0.4, -0.2) is 53.5 Å². The van der Waals surface area contributed by atoms with Crippen molar-refractivity contribution >= 4 is 11.9 Å². The van der Waals surface area contributed by atoms with Gasteiger partial charge in [0, 0.05) is 44.8 Å². The van der Waals surface area contributed by atoms with Gasteiger partial charge in [0.2, 0.25) is 5.95 Å². The summed E-state index contributed by atoms with van der Waals surface area (Å²) in [6, 6.07) is 9.24. The lowest BCUT2D eigenvalue weighted by Gasteiger charge is -2.37. The number of pyridine rings is 1. The molecule has 1 aliphatic rings. The van der Waals surface area contributed by atoms with Gasteiger partial charge in [-0.1, -0.05) is 12.1 Å². The van der Waals surface area contributed by atoms with Crippen LogP contribution in [0.25, 0.3) is 11.1 Å². The molecule has 0 aliphatic carbocycles. The van der Waals surface area contributed by atoms with Crippen molar-refractivity contribution in [2.24, 2.45) is 0 Å². The van der Waals surface area contributed by atoms with E-state index < -0.39 is 0 Å². The van der Waals surface area contributed by atoms with E-state index in [0.717, 1.165) is 41.6 Å². The zero-order valence-electron chi connectivity index (χ0n) is 19.1. The summed E-state index contributed by atoms with van der Waals surface area (Å²) in [5, 5.41) is 0. The lowest BCUT2D eigenvalue weighted by molar-refractivity contribution is 0.0603. The average molecular weight is 432 g/mol. The van der Waals surface area contributed by atoms with Gasteiger partial charge in [0.05, 0.1) is 24.4 Å². The number of hydrogen-bond donors (Lipinski definition) is 0. The first-order chi connectivity index (χ1) is 15.5. The van der Waals surface area contributed by atoms with Crippen LogP contribution < -0.4 is 9.64 Å². The smallest absolute Gasteiger partial charge is 0.258 e. The van der Waals surface area contributed by atoms with Gasteiger partial charge in [-0.3, -0.25) is 9.78 Å². The molecular weight excluding hydrogens is 402 g/mol. The maximum atomic E-state index is 13.7. The topological polar surface area (TPSA) is 71.5 Å². The minimum absolute atomic E-state index is 0.0328. The largest absolute Gasteiger partial charge is 0.496 e. The van der Waals surface area contributed by atoms with Gasteiger partial charge in [-0.05, 0) is 55.5 Å². The predicted octanol–water partition coefficient (Wildman–Crippen LogP) is 4.29. The van der Waals surface area contributed by atoms with Crippen molar-refractivity contribution in [1.29, 1.82) is 0 Å². The van der Waals surface area contributed by atoms with E-state index in [0.29, 0.717) is 23.8 Å². The maximum absolute atomic E-state index is 13.7. The maximum Gasteiger partial charge on any atom is 0.258 e. The number of anilines is 1. The van der Waals surface area contributed by atoms with Crippen LogP contribution in [-0.2, 0) is 0 Å². The van der Waals surface area contributed by atoms with Gasteiger partial charge in [0.1, 0.15) is 5.75 Å². The van der Waals surface area contributed by atoms with Crippen LogP contribution in [0.2, 0.25) is 0 Å². The van der Waals surface area contributed by atoms with Gasteiger partial charge in [-0.15, -0.1) is 0 Å². The molecule has 1 aromatic carbocycles. The Morgan fingerprint density at radius 3 is 2.69 bits per heavy atom. The highest BCUT2D eigenvalue weighted by atomic mass is 16.5. The molecule has 32 heavy (non-hydrogen) atoms. The highest BCUT2D eigenvalue weighted by molar-refractivity contribution is 5.97. The number of piperidine rings is 1. The number of para-hydroxylation sites is 1. The third-order valence-electron chi connectivity index (χ3n) is 5.93. The summed E-state index contributed by atoms with van der Waals surface area (Å²) >= 11 is 0. The molecule has 1 saturated heterocycles. The molecule has 1 atom stereocenters. The van der Waals surface area contributed by atoms with Crippen LogP contribution in [0.4, 0.5) is 5.95 Å². The van der Waals surface area contributed by atoms with Gasteiger partial charge >= 0.3 is 0 Å². The second-order valence-electron chi connectivity index (χ2n) is 8.26. The molecule has 3 aromatic rings. The van der Waals surface area contributed by atoms with E-state index in [1.807, 2.05) is 73.5 Å². The van der Waals surface area contributed by atoms with E-state index in [2.05, 4.69) is 9.97 Å². The van der Waals surface area contributed by atoms with Crippen molar-refractivity contribution in [3.63, 3.8) is 0 Å². The number of ether oxygens (including phenoxy) is 1. The summed E-state index contributed by atoms with van der Waals surface area (Å²) in [7, 11) is 5.45. The standard InChI is InChI=1S/C25H29N5O2/c1-17-15-26-13-12-18(17)20-16-27-25(29(2)3)28-23(20)21-10-7-8-14-30(21)24(31)19-9-5-6-11-22(19)32-4/h5-6,9,11-13,15-16,21H,7-8,10,14H2,1-4H3/t21-/m1/s1. The van der Waals surface area contributed by atoms with Gasteiger partial charge in [0.15, 0.2) is 0 Å². The third-order valence-corrected chi connectivity index (χ3v) is 5.93. The molecule has 166 valence electrons. The molecule has 7 nitrogen and oxygen atoms in total. The molecule has 7 heteroatoms. The van der Waals surface area contributed by atoms with Crippen LogP contribution in [0.1, 0.15) is 46.9 Å². The molecule has 0 spiro atoms. The van der Waals surface area contributed by atoms with E-state index >= 15 is 0 Å². The molecule has 1 aliphatic heterocycles. The summed E-state index contributed by atoms with van der Waals surface area (Å²) in [5.74, 6) is 1.18. The van der Waals surface area contributed by atoms with Crippen LogP contribution >= 0.6 is 0 Å². The quantitative estimate of drug-likeness (QED) is 0.600. The highest BCUT2D eigenvalue weighted by Gasteiger charge is 2.33. The molecule has 3 heterocycles. The number of methoxy groups -OCH3 is 1. The number of rotatable bonds is 5. The monoisotopic (exact) mass is 431 g/mol. The van der Waals surface area contributed by atoms with E-state index in [1.165, 1.54) is 0 Å². The van der Waals surface area contributed by atoms with Crippen LogP contribution in [0.5, 0.6) is 5.75 Å². The number of amides is 1. The highest BCUT2D eigenvalue weighted by Crippen LogP contribution is 2.38. The van der Waals surface area contributed by atoms with Gasteiger partial charge in [0.25, 0.3) is 5.91 Å². The lowest BCUT2D eigenvalue weighted by atomic mass is 9.92. The zero-order chi connectivity index (χ0) is 22.7. The molecular formula is C25H29N5O2. The van der Waals surface area contributed by atoms with E-state index in [1.54, 1.807) is 13.3 Å². The first-order valence-electron chi connectivity index (χ1n) is 10.9. The number of hydrogen-bond acceptors (Lipinski definition) is 6. The Kier molecular flexibility index (Phi) is 6.35. The molecule has 1 amide bonds. The second-order valence-corrected chi connectivity index (χ2v) is 8.26. The number of carbonyl (C=O) groups excluding carboxylic acids is 1. The van der Waals surface area contributed by atoms with E-state index in [-0.39, 0.29) is 11.9 Å². The summed E-state index contributed by atoms with van der Waals surface area (Å²) in [4.78, 5) is 31.3. The molecule has 1 fully saturated rings. The minimum Gasteiger partial charge on any atom is -0.496 e. The Hall–Kier alpha value is -3.48. The van der Waals surface area contributed by atoms with Crippen molar-refractivity contribution in [1.82, 2.24) is 19.9 Å². The van der Waals surface area contributed by atoms with Crippen LogP contribution in [0.3, 0.4) is 0 Å². The molecule has 4 rings (SSSR count). The van der Waals surface area contributed by atoms with Crippen molar-refractivity contribution in [3.05, 3.63) is 65.7 Å². The van der Waals surface area contributed by atoms with Crippen LogP contribution in [0, 0.1) is 6.92 Å². The van der Waals surface area contributed by atoms with E-state index in [4.69, 9.17) is 9.72 Å². The van der Waals surface area contributed by atoms with Crippen LogP contribution in [0.15, 0.2) is 48.9 Å². The Labute approximate surface area is 189 Å². The Bertz CT molecular complexity index is 1110. The minimum atomic E-state index is -0.148. The molecule has 0 radical (unpaired) electrons. The molecule has 0 saturated carbocycles. The van der Waals surface area contributed by atoms with Crippen molar-refractivity contribution in [2.75, 3.05) is 32.6 Å². The molecule has 0 bridgehead atoms. The fourth-order valence-electron chi connectivity index (χ4n) is 4.27. The summed E-state index contributed by atoms with van der Waals surface area (Å²) < 4.78 is 5.47. The number of likely N-dealkylation sites (tertiary alicyclic amines) is 1. The second kappa shape index (κ2) is 9.34.